The van der Waals surface area contributed by atoms with Crippen LogP contribution in [-0.4, -0.2) is 33.8 Å². The third-order valence-corrected chi connectivity index (χ3v) is 2.00. The smallest absolute Gasteiger partial charge is 0.0596 e. The van der Waals surface area contributed by atoms with E-state index in [0.717, 1.165) is 6.54 Å². The molecule has 63 valence electrons. The molecule has 0 atom stereocenters. The maximum atomic E-state index is 3.31. The molecule has 0 aromatic heterocycles. The predicted molar refractivity (Wildman–Crippen MR) is 51.9 cm³/mol. The minimum Gasteiger partial charge on any atom is -0.295 e. The lowest BCUT2D eigenvalue weighted by Crippen LogP contribution is -2.36. The van der Waals surface area contributed by atoms with Crippen molar-refractivity contribution in [3.63, 3.8) is 0 Å². The summed E-state index contributed by atoms with van der Waals surface area (Å²) in [6.45, 7) is 9.92. The molecule has 0 fully saturated rings. The van der Waals surface area contributed by atoms with Gasteiger partial charge < -0.3 is 0 Å². The molecular weight excluding hydrogens is 150 g/mol. The number of rotatable bonds is 4. The Hall–Kier alpha value is -0.0831. The molecule has 0 rings (SSSR count). The van der Waals surface area contributed by atoms with E-state index in [1.165, 1.54) is 0 Å². The lowest BCUT2D eigenvalue weighted by Gasteiger charge is -2.29. The third kappa shape index (κ3) is 4.38. The maximum absolute atomic E-state index is 3.31. The van der Waals surface area contributed by atoms with Crippen LogP contribution >= 0.6 is 0 Å². The largest absolute Gasteiger partial charge is 0.295 e. The van der Waals surface area contributed by atoms with Crippen molar-refractivity contribution in [2.45, 2.75) is 39.8 Å². The Kier molecular flexibility index (Phi) is 5.51. The van der Waals surface area contributed by atoms with E-state index in [0.29, 0.717) is 12.1 Å². The van der Waals surface area contributed by atoms with Gasteiger partial charge in [-0.2, -0.15) is 0 Å². The van der Waals surface area contributed by atoms with Crippen molar-refractivity contribution in [1.29, 1.82) is 0 Å². The molecule has 3 radical (unpaired) electrons. The van der Waals surface area contributed by atoms with Gasteiger partial charge in [0.15, 0.2) is 0 Å². The van der Waals surface area contributed by atoms with E-state index in [1.54, 1.807) is 0 Å². The maximum Gasteiger partial charge on any atom is 0.0596 e. The molecule has 11 heavy (non-hydrogen) atoms. The van der Waals surface area contributed by atoms with Crippen molar-refractivity contribution >= 4 is 10.2 Å². The zero-order valence-corrected chi connectivity index (χ0v) is 8.96. The summed E-state index contributed by atoms with van der Waals surface area (Å²) in [5.74, 6) is 0. The fourth-order valence-electron chi connectivity index (χ4n) is 1.19. The Balaban J connectivity index is 3.89. The Morgan fingerprint density at radius 3 is 1.91 bits per heavy atom. The molecule has 0 amide bonds. The first-order valence-electron chi connectivity index (χ1n) is 4.17. The van der Waals surface area contributed by atoms with Crippen molar-refractivity contribution in [2.24, 2.45) is 0 Å². The summed E-state index contributed by atoms with van der Waals surface area (Å²) < 4.78 is 0. The van der Waals surface area contributed by atoms with Crippen LogP contribution in [0.5, 0.6) is 0 Å². The highest BCUT2D eigenvalue weighted by atomic mass is 28.1. The number of hydrogen-bond acceptors (Lipinski definition) is 1. The van der Waals surface area contributed by atoms with Gasteiger partial charge in [-0.15, -0.1) is 5.70 Å². The summed E-state index contributed by atoms with van der Waals surface area (Å²) in [6.07, 6.45) is 2.12. The molecule has 0 saturated heterocycles. The van der Waals surface area contributed by atoms with Crippen molar-refractivity contribution in [1.82, 2.24) is 4.90 Å². The van der Waals surface area contributed by atoms with E-state index in [-0.39, 0.29) is 0 Å². The quantitative estimate of drug-likeness (QED) is 0.579. The van der Waals surface area contributed by atoms with Gasteiger partial charge in [0.2, 0.25) is 0 Å². The van der Waals surface area contributed by atoms with Crippen LogP contribution in [0.2, 0.25) is 0 Å². The van der Waals surface area contributed by atoms with Gasteiger partial charge in [-0.3, -0.25) is 4.90 Å². The second kappa shape index (κ2) is 5.55. The Bertz CT molecular complexity index is 111. The first-order valence-corrected chi connectivity index (χ1v) is 4.75. The lowest BCUT2D eigenvalue weighted by molar-refractivity contribution is 0.196. The fourth-order valence-corrected chi connectivity index (χ4v) is 1.30. The molecule has 2 heteroatoms. The van der Waals surface area contributed by atoms with Gasteiger partial charge in [0.25, 0.3) is 0 Å². The Morgan fingerprint density at radius 1 is 1.18 bits per heavy atom. The van der Waals surface area contributed by atoms with Crippen LogP contribution in [0.4, 0.5) is 0 Å². The molecule has 0 aromatic rings. The van der Waals surface area contributed by atoms with Crippen LogP contribution < -0.4 is 0 Å². The molecule has 0 aliphatic carbocycles. The highest BCUT2D eigenvalue weighted by Crippen LogP contribution is 2.03. The summed E-state index contributed by atoms with van der Waals surface area (Å²) in [5.41, 5.74) is 1.91. The molecule has 0 aliphatic rings. The average Bonchev–Trinajstić information content (AvgIpc) is 1.87. The molecule has 0 bridgehead atoms. The summed E-state index contributed by atoms with van der Waals surface area (Å²) in [4.78, 5) is 2.43. The van der Waals surface area contributed by atoms with E-state index in [4.69, 9.17) is 0 Å². The van der Waals surface area contributed by atoms with E-state index >= 15 is 0 Å². The van der Waals surface area contributed by atoms with Crippen LogP contribution in [0.15, 0.2) is 11.8 Å². The van der Waals surface area contributed by atoms with Gasteiger partial charge >= 0.3 is 0 Å². The minimum atomic E-state index is 0.623. The van der Waals surface area contributed by atoms with Gasteiger partial charge in [-0.05, 0) is 27.7 Å². The molecule has 0 heterocycles. The first kappa shape index (κ1) is 10.9. The standard InChI is InChI=1S/C9H18NSi/c1-8(2)10(9(3)4)6-5-7-11/h5,7-9H,6H2,1-4H3. The molecule has 0 spiro atoms. The molecular formula is C9H18NSi. The highest BCUT2D eigenvalue weighted by Gasteiger charge is 2.10. The summed E-state index contributed by atoms with van der Waals surface area (Å²) in [5, 5.41) is 0. The van der Waals surface area contributed by atoms with Crippen LogP contribution in [0.25, 0.3) is 0 Å². The van der Waals surface area contributed by atoms with Crippen molar-refractivity contribution in [3.8, 4) is 0 Å². The van der Waals surface area contributed by atoms with Crippen LogP contribution in [0.1, 0.15) is 27.7 Å². The van der Waals surface area contributed by atoms with E-state index in [2.05, 4.69) is 48.9 Å². The van der Waals surface area contributed by atoms with Gasteiger partial charge in [-0.1, -0.05) is 6.08 Å². The second-order valence-electron chi connectivity index (χ2n) is 3.29. The second-order valence-corrected chi connectivity index (χ2v) is 3.62. The van der Waals surface area contributed by atoms with E-state index in [1.807, 2.05) is 5.70 Å². The van der Waals surface area contributed by atoms with Crippen LogP contribution in [0, 0.1) is 0 Å². The Morgan fingerprint density at radius 2 is 1.64 bits per heavy atom. The van der Waals surface area contributed by atoms with Crippen molar-refractivity contribution < 1.29 is 0 Å². The van der Waals surface area contributed by atoms with E-state index in [9.17, 15) is 0 Å². The zero-order chi connectivity index (χ0) is 8.85. The molecule has 0 unspecified atom stereocenters. The molecule has 0 N–H and O–H groups in total. The monoisotopic (exact) mass is 168 g/mol. The number of hydrogen-bond donors (Lipinski definition) is 0. The normalized spacial score (nSPS) is 12.7. The average molecular weight is 168 g/mol. The lowest BCUT2D eigenvalue weighted by atomic mass is 10.2. The molecule has 0 aliphatic heterocycles. The SMILES string of the molecule is CC(C)N(CC=C[Si])C(C)C. The third-order valence-electron chi connectivity index (χ3n) is 1.76. The topological polar surface area (TPSA) is 3.24 Å². The van der Waals surface area contributed by atoms with Gasteiger partial charge in [0.05, 0.1) is 10.2 Å². The summed E-state index contributed by atoms with van der Waals surface area (Å²) >= 11 is 0. The fraction of sp³-hybridized carbons (Fsp3) is 0.778. The van der Waals surface area contributed by atoms with Gasteiger partial charge in [-0.25, -0.2) is 0 Å². The molecule has 0 aromatic carbocycles. The van der Waals surface area contributed by atoms with Crippen molar-refractivity contribution in [2.75, 3.05) is 6.54 Å². The van der Waals surface area contributed by atoms with E-state index < -0.39 is 0 Å². The minimum absolute atomic E-state index is 0.623. The van der Waals surface area contributed by atoms with Crippen LogP contribution in [-0.2, 0) is 0 Å². The zero-order valence-electron chi connectivity index (χ0n) is 7.96. The van der Waals surface area contributed by atoms with Crippen molar-refractivity contribution in [3.05, 3.63) is 11.8 Å². The summed E-state index contributed by atoms with van der Waals surface area (Å²) in [7, 11) is 3.31. The van der Waals surface area contributed by atoms with Gasteiger partial charge in [0.1, 0.15) is 0 Å². The Labute approximate surface area is 73.9 Å². The van der Waals surface area contributed by atoms with Gasteiger partial charge in [0, 0.05) is 18.6 Å². The predicted octanol–water partition coefficient (Wildman–Crippen LogP) is 1.79. The summed E-state index contributed by atoms with van der Waals surface area (Å²) in [6, 6.07) is 1.25. The first-order chi connectivity index (χ1) is 5.09. The van der Waals surface area contributed by atoms with Crippen LogP contribution in [0.3, 0.4) is 0 Å². The highest BCUT2D eigenvalue weighted by molar-refractivity contribution is 6.16. The molecule has 0 saturated carbocycles. The molecule has 1 nitrogen and oxygen atoms in total. The number of nitrogens with zero attached hydrogens (tertiary/aromatic N) is 1.